The molecule has 2 amide bonds. The summed E-state index contributed by atoms with van der Waals surface area (Å²) < 4.78 is 27.1. The molecular formula is C22H20ClN3O4S. The first-order valence-corrected chi connectivity index (χ1v) is 11.0. The van der Waals surface area contributed by atoms with Gasteiger partial charge in [0.25, 0.3) is 21.8 Å². The van der Waals surface area contributed by atoms with Crippen molar-refractivity contribution in [3.05, 3.63) is 94.5 Å². The lowest BCUT2D eigenvalue weighted by Crippen LogP contribution is -2.41. The number of aryl methyl sites for hydroxylation is 1. The minimum atomic E-state index is -3.89. The number of anilines is 1. The first kappa shape index (κ1) is 22.3. The van der Waals surface area contributed by atoms with E-state index in [1.807, 2.05) is 19.1 Å². The van der Waals surface area contributed by atoms with Gasteiger partial charge < -0.3 is 0 Å². The fraction of sp³-hybridized carbons (Fsp3) is 0.0909. The van der Waals surface area contributed by atoms with Crippen molar-refractivity contribution in [3.8, 4) is 0 Å². The van der Waals surface area contributed by atoms with Gasteiger partial charge in [-0.2, -0.15) is 0 Å². The number of rotatable bonds is 5. The lowest BCUT2D eigenvalue weighted by atomic mass is 10.2. The minimum absolute atomic E-state index is 0.0488. The Kier molecular flexibility index (Phi) is 6.62. The summed E-state index contributed by atoms with van der Waals surface area (Å²) in [6, 6.07) is 18.7. The Balaban J connectivity index is 1.74. The number of hydrogen-bond donors (Lipinski definition) is 2. The van der Waals surface area contributed by atoms with E-state index in [1.165, 1.54) is 43.4 Å². The molecule has 0 aliphatic heterocycles. The van der Waals surface area contributed by atoms with Crippen molar-refractivity contribution in [1.29, 1.82) is 0 Å². The molecule has 31 heavy (non-hydrogen) atoms. The molecule has 3 aromatic carbocycles. The Morgan fingerprint density at radius 2 is 1.42 bits per heavy atom. The third kappa shape index (κ3) is 5.22. The Hall–Kier alpha value is -3.36. The highest BCUT2D eigenvalue weighted by Crippen LogP contribution is 2.23. The molecule has 2 N–H and O–H groups in total. The number of hydrazine groups is 1. The van der Waals surface area contributed by atoms with E-state index < -0.39 is 21.8 Å². The van der Waals surface area contributed by atoms with Crippen molar-refractivity contribution in [1.82, 2.24) is 10.9 Å². The first-order valence-electron chi connectivity index (χ1n) is 9.20. The van der Waals surface area contributed by atoms with E-state index in [-0.39, 0.29) is 10.5 Å². The largest absolute Gasteiger partial charge is 0.269 e. The molecule has 0 spiro atoms. The zero-order valence-electron chi connectivity index (χ0n) is 16.8. The second-order valence-corrected chi connectivity index (χ2v) is 9.16. The summed E-state index contributed by atoms with van der Waals surface area (Å²) in [5.41, 5.74) is 6.45. The molecule has 0 heterocycles. The number of sulfonamides is 1. The molecule has 9 heteroatoms. The van der Waals surface area contributed by atoms with E-state index in [0.29, 0.717) is 16.3 Å². The van der Waals surface area contributed by atoms with Gasteiger partial charge in [0.1, 0.15) is 0 Å². The maximum absolute atomic E-state index is 13.0. The summed E-state index contributed by atoms with van der Waals surface area (Å²) in [5.74, 6) is -1.19. The molecule has 160 valence electrons. The standard InChI is InChI=1S/C22H20ClN3O4S/c1-15-6-12-19(13-7-15)26(2)31(29,30)20-5-3-4-17(14-20)22(28)25-24-21(27)16-8-10-18(23)11-9-16/h3-14H,1-2H3,(H,24,27)(H,25,28). The predicted octanol–water partition coefficient (Wildman–Crippen LogP) is 3.55. The third-order valence-corrected chi connectivity index (χ3v) is 6.58. The normalized spacial score (nSPS) is 10.9. The van der Waals surface area contributed by atoms with Gasteiger partial charge in [-0.15, -0.1) is 0 Å². The number of hydrogen-bond acceptors (Lipinski definition) is 4. The quantitative estimate of drug-likeness (QED) is 0.573. The first-order chi connectivity index (χ1) is 14.7. The van der Waals surface area contributed by atoms with Crippen LogP contribution in [0.25, 0.3) is 0 Å². The van der Waals surface area contributed by atoms with E-state index >= 15 is 0 Å². The molecule has 0 radical (unpaired) electrons. The van der Waals surface area contributed by atoms with Crippen molar-refractivity contribution in [3.63, 3.8) is 0 Å². The Labute approximate surface area is 185 Å². The van der Waals surface area contributed by atoms with Crippen molar-refractivity contribution in [2.45, 2.75) is 11.8 Å². The van der Waals surface area contributed by atoms with Gasteiger partial charge in [0.2, 0.25) is 0 Å². The number of amides is 2. The molecule has 0 atom stereocenters. The van der Waals surface area contributed by atoms with Gasteiger partial charge >= 0.3 is 0 Å². The molecule has 0 saturated heterocycles. The summed E-state index contributed by atoms with van der Waals surface area (Å²) in [4.78, 5) is 24.5. The second-order valence-electron chi connectivity index (χ2n) is 6.75. The minimum Gasteiger partial charge on any atom is -0.269 e. The molecule has 0 aromatic heterocycles. The SMILES string of the molecule is Cc1ccc(N(C)S(=O)(=O)c2cccc(C(=O)NNC(=O)c3ccc(Cl)cc3)c2)cc1. The third-order valence-electron chi connectivity index (χ3n) is 4.55. The van der Waals surface area contributed by atoms with Crippen LogP contribution in [0.3, 0.4) is 0 Å². The summed E-state index contributed by atoms with van der Waals surface area (Å²) in [6.45, 7) is 1.91. The number of carbonyl (C=O) groups is 2. The van der Waals surface area contributed by atoms with E-state index in [4.69, 9.17) is 11.6 Å². The molecule has 3 rings (SSSR count). The average Bonchev–Trinajstić information content (AvgIpc) is 2.77. The van der Waals surface area contributed by atoms with Crippen molar-refractivity contribution >= 4 is 39.1 Å². The maximum atomic E-state index is 13.0. The molecule has 0 aliphatic carbocycles. The van der Waals surface area contributed by atoms with E-state index in [1.54, 1.807) is 24.3 Å². The van der Waals surface area contributed by atoms with Crippen LogP contribution in [-0.2, 0) is 10.0 Å². The van der Waals surface area contributed by atoms with Crippen molar-refractivity contribution < 1.29 is 18.0 Å². The Morgan fingerprint density at radius 1 is 0.839 bits per heavy atom. The molecule has 3 aromatic rings. The smallest absolute Gasteiger partial charge is 0.269 e. The number of nitrogens with zero attached hydrogens (tertiary/aromatic N) is 1. The molecule has 0 fully saturated rings. The van der Waals surface area contributed by atoms with Crippen LogP contribution in [-0.4, -0.2) is 27.3 Å². The average molecular weight is 458 g/mol. The zero-order chi connectivity index (χ0) is 22.6. The van der Waals surface area contributed by atoms with Crippen LogP contribution in [0.2, 0.25) is 5.02 Å². The predicted molar refractivity (Wildman–Crippen MR) is 120 cm³/mol. The van der Waals surface area contributed by atoms with Crippen LogP contribution in [0.1, 0.15) is 26.3 Å². The van der Waals surface area contributed by atoms with Gasteiger partial charge in [-0.1, -0.05) is 35.4 Å². The van der Waals surface area contributed by atoms with Crippen LogP contribution >= 0.6 is 11.6 Å². The van der Waals surface area contributed by atoms with Crippen LogP contribution in [0, 0.1) is 6.92 Å². The topological polar surface area (TPSA) is 95.6 Å². The summed E-state index contributed by atoms with van der Waals surface area (Å²) >= 11 is 5.79. The fourth-order valence-corrected chi connectivity index (χ4v) is 4.08. The summed E-state index contributed by atoms with van der Waals surface area (Å²) in [5, 5.41) is 0.481. The highest BCUT2D eigenvalue weighted by atomic mass is 35.5. The van der Waals surface area contributed by atoms with Crippen LogP contribution in [0.15, 0.2) is 77.7 Å². The molecule has 0 aliphatic rings. The number of carbonyl (C=O) groups excluding carboxylic acids is 2. The van der Waals surface area contributed by atoms with Crippen LogP contribution in [0.5, 0.6) is 0 Å². The highest BCUT2D eigenvalue weighted by Gasteiger charge is 2.22. The number of nitrogens with one attached hydrogen (secondary N) is 2. The van der Waals surface area contributed by atoms with Crippen LogP contribution in [0.4, 0.5) is 5.69 Å². The van der Waals surface area contributed by atoms with Gasteiger partial charge in [-0.3, -0.25) is 24.7 Å². The number of halogens is 1. The van der Waals surface area contributed by atoms with Gasteiger partial charge in [0, 0.05) is 23.2 Å². The zero-order valence-corrected chi connectivity index (χ0v) is 18.4. The van der Waals surface area contributed by atoms with Crippen molar-refractivity contribution in [2.24, 2.45) is 0 Å². The lowest BCUT2D eigenvalue weighted by Gasteiger charge is -2.20. The summed E-state index contributed by atoms with van der Waals surface area (Å²) in [7, 11) is -2.44. The molecule has 0 unspecified atom stereocenters. The van der Waals surface area contributed by atoms with Crippen molar-refractivity contribution in [2.75, 3.05) is 11.4 Å². The van der Waals surface area contributed by atoms with E-state index in [9.17, 15) is 18.0 Å². The van der Waals surface area contributed by atoms with Gasteiger partial charge in [0.05, 0.1) is 10.6 Å². The fourth-order valence-electron chi connectivity index (χ4n) is 2.71. The monoisotopic (exact) mass is 457 g/mol. The molecule has 0 bridgehead atoms. The lowest BCUT2D eigenvalue weighted by molar-refractivity contribution is 0.0846. The Bertz CT molecular complexity index is 1210. The summed E-state index contributed by atoms with van der Waals surface area (Å²) in [6.07, 6.45) is 0. The van der Waals surface area contributed by atoms with E-state index in [0.717, 1.165) is 9.87 Å². The van der Waals surface area contributed by atoms with Gasteiger partial charge in [0.15, 0.2) is 0 Å². The molecule has 7 nitrogen and oxygen atoms in total. The second kappa shape index (κ2) is 9.20. The van der Waals surface area contributed by atoms with Crippen LogP contribution < -0.4 is 15.2 Å². The van der Waals surface area contributed by atoms with Gasteiger partial charge in [-0.05, 0) is 61.5 Å². The maximum Gasteiger partial charge on any atom is 0.269 e. The Morgan fingerprint density at radius 3 is 2.03 bits per heavy atom. The molecule has 0 saturated carbocycles. The number of benzene rings is 3. The van der Waals surface area contributed by atoms with Gasteiger partial charge in [-0.25, -0.2) is 8.42 Å². The molecular weight excluding hydrogens is 438 g/mol. The highest BCUT2D eigenvalue weighted by molar-refractivity contribution is 7.92. The van der Waals surface area contributed by atoms with E-state index in [2.05, 4.69) is 10.9 Å².